The van der Waals surface area contributed by atoms with E-state index in [4.69, 9.17) is 47.4 Å². The molecule has 0 N–H and O–H groups in total. The van der Waals surface area contributed by atoms with Gasteiger partial charge in [0.15, 0.2) is 0 Å². The van der Waals surface area contributed by atoms with Crippen LogP contribution in [0, 0.1) is 0 Å². The predicted molar refractivity (Wildman–Crippen MR) is 233 cm³/mol. The summed E-state index contributed by atoms with van der Waals surface area (Å²) in [5.74, 6) is 0.921. The van der Waals surface area contributed by atoms with Crippen LogP contribution < -0.4 is 4.74 Å². The van der Waals surface area contributed by atoms with Crippen molar-refractivity contribution in [3.05, 3.63) is 89.5 Å². The van der Waals surface area contributed by atoms with Crippen molar-refractivity contribution in [2.24, 2.45) is 0 Å². The van der Waals surface area contributed by atoms with Crippen LogP contribution in [-0.4, -0.2) is 144 Å². The minimum Gasteiger partial charge on any atom is -0.491 e. The Labute approximate surface area is 359 Å². The van der Waals surface area contributed by atoms with Gasteiger partial charge in [-0.2, -0.15) is 0 Å². The minimum atomic E-state index is -0.362. The van der Waals surface area contributed by atoms with Crippen LogP contribution in [-0.2, 0) is 49.1 Å². The lowest BCUT2D eigenvalue weighted by Crippen LogP contribution is -2.32. The van der Waals surface area contributed by atoms with Crippen molar-refractivity contribution in [3.63, 3.8) is 0 Å². The Bertz CT molecular complexity index is 1480. The Morgan fingerprint density at radius 3 is 1.40 bits per heavy atom. The molecule has 1 aliphatic rings. The molecule has 0 unspecified atom stereocenters. The molecule has 3 aromatic rings. The lowest BCUT2D eigenvalue weighted by molar-refractivity contribution is -0.0238. The molecular formula is C48H71NO11. The van der Waals surface area contributed by atoms with E-state index in [1.54, 1.807) is 7.05 Å². The SMILES string of the molecule is CCCCCCCCc1ccc(OCCOCCOCCOCCOCCOCCOCCOCCOCCN(C)C(=O)OCC2c3ccccc3-c3ccccc32)cc1. The lowest BCUT2D eigenvalue weighted by atomic mass is 9.98. The fourth-order valence-electron chi connectivity index (χ4n) is 6.72. The Kier molecular flexibility index (Phi) is 26.3. The molecule has 12 heteroatoms. The smallest absolute Gasteiger partial charge is 0.409 e. The zero-order valence-corrected chi connectivity index (χ0v) is 36.3. The molecule has 0 radical (unpaired) electrons. The average Bonchev–Trinajstić information content (AvgIpc) is 3.60. The van der Waals surface area contributed by atoms with Gasteiger partial charge in [0.2, 0.25) is 0 Å². The highest BCUT2D eigenvalue weighted by Crippen LogP contribution is 2.44. The second-order valence-electron chi connectivity index (χ2n) is 14.6. The van der Waals surface area contributed by atoms with E-state index < -0.39 is 0 Å². The highest BCUT2D eigenvalue weighted by Gasteiger charge is 2.29. The van der Waals surface area contributed by atoms with Crippen molar-refractivity contribution in [1.82, 2.24) is 4.90 Å². The van der Waals surface area contributed by atoms with Crippen molar-refractivity contribution in [1.29, 1.82) is 0 Å². The van der Waals surface area contributed by atoms with Gasteiger partial charge in [-0.1, -0.05) is 99.7 Å². The maximum absolute atomic E-state index is 12.6. The summed E-state index contributed by atoms with van der Waals surface area (Å²) in [5.41, 5.74) is 6.18. The number of hydrogen-bond acceptors (Lipinski definition) is 11. The van der Waals surface area contributed by atoms with E-state index in [1.807, 2.05) is 36.4 Å². The molecule has 12 nitrogen and oxygen atoms in total. The number of likely N-dealkylation sites (N-methyl/N-ethyl adjacent to an activating group) is 1. The first-order valence-electron chi connectivity index (χ1n) is 22.1. The van der Waals surface area contributed by atoms with Crippen LogP contribution in [0.5, 0.6) is 5.75 Å². The van der Waals surface area contributed by atoms with Gasteiger partial charge in [0, 0.05) is 19.5 Å². The van der Waals surface area contributed by atoms with Gasteiger partial charge >= 0.3 is 6.09 Å². The number of carbonyl (C=O) groups excluding carboxylic acids is 1. The monoisotopic (exact) mass is 838 g/mol. The fraction of sp³-hybridized carbons (Fsp3) is 0.604. The minimum absolute atomic E-state index is 0.0394. The van der Waals surface area contributed by atoms with Crippen molar-refractivity contribution in [2.45, 2.75) is 57.8 Å². The Balaban J connectivity index is 0.811. The average molecular weight is 838 g/mol. The van der Waals surface area contributed by atoms with Crippen molar-refractivity contribution < 1.29 is 52.2 Å². The zero-order chi connectivity index (χ0) is 42.1. The molecule has 0 spiro atoms. The third-order valence-electron chi connectivity index (χ3n) is 10.1. The zero-order valence-electron chi connectivity index (χ0n) is 36.3. The van der Waals surface area contributed by atoms with Gasteiger partial charge in [0.05, 0.1) is 106 Å². The highest BCUT2D eigenvalue weighted by molar-refractivity contribution is 5.79. The molecule has 1 aliphatic carbocycles. The third kappa shape index (κ3) is 20.3. The van der Waals surface area contributed by atoms with Gasteiger partial charge in [-0.3, -0.25) is 0 Å². The normalized spacial score (nSPS) is 12.1. The standard InChI is InChI=1S/C48H71NO11/c1-3-4-5-6-7-8-13-41-18-20-42(21-19-41)59-39-38-58-37-36-57-35-34-56-33-32-55-31-30-54-29-28-53-27-26-52-25-24-51-23-22-49(2)48(50)60-40-47-45-16-11-9-14-43(45)44-15-10-12-17-46(44)47/h9-12,14-21,47H,3-8,13,22-40H2,1-2H3. The van der Waals surface area contributed by atoms with Crippen LogP contribution in [0.2, 0.25) is 0 Å². The van der Waals surface area contributed by atoms with E-state index in [2.05, 4.69) is 43.3 Å². The van der Waals surface area contributed by atoms with E-state index in [0.29, 0.717) is 125 Å². The second kappa shape index (κ2) is 32.2. The topological polar surface area (TPSA) is 113 Å². The van der Waals surface area contributed by atoms with E-state index in [1.165, 1.54) is 71.2 Å². The molecule has 60 heavy (non-hydrogen) atoms. The molecule has 0 atom stereocenters. The number of ether oxygens (including phenoxy) is 10. The first kappa shape index (κ1) is 49.1. The van der Waals surface area contributed by atoms with Gasteiger partial charge in [0.25, 0.3) is 0 Å². The first-order valence-corrected chi connectivity index (χ1v) is 22.1. The van der Waals surface area contributed by atoms with E-state index in [-0.39, 0.29) is 12.0 Å². The molecule has 334 valence electrons. The molecule has 0 aliphatic heterocycles. The molecule has 0 heterocycles. The van der Waals surface area contributed by atoms with Gasteiger partial charge in [0.1, 0.15) is 19.0 Å². The number of nitrogens with zero attached hydrogens (tertiary/aromatic N) is 1. The van der Waals surface area contributed by atoms with E-state index in [0.717, 1.165) is 12.2 Å². The molecule has 0 fully saturated rings. The van der Waals surface area contributed by atoms with Crippen LogP contribution >= 0.6 is 0 Å². The molecule has 0 saturated carbocycles. The summed E-state index contributed by atoms with van der Waals surface area (Å²) < 4.78 is 56.0. The Morgan fingerprint density at radius 2 is 0.917 bits per heavy atom. The third-order valence-corrected chi connectivity index (χ3v) is 10.1. The number of aryl methyl sites for hydroxylation is 1. The summed E-state index contributed by atoms with van der Waals surface area (Å²) in [6.45, 7) is 11.3. The van der Waals surface area contributed by atoms with Crippen LogP contribution in [0.4, 0.5) is 4.79 Å². The van der Waals surface area contributed by atoms with Crippen LogP contribution in [0.15, 0.2) is 72.8 Å². The summed E-state index contributed by atoms with van der Waals surface area (Å²) in [5, 5.41) is 0. The summed E-state index contributed by atoms with van der Waals surface area (Å²) in [6.07, 6.45) is 8.70. The van der Waals surface area contributed by atoms with Crippen LogP contribution in [0.1, 0.15) is 68.1 Å². The number of benzene rings is 3. The molecule has 0 saturated heterocycles. The van der Waals surface area contributed by atoms with Gasteiger partial charge in [-0.25, -0.2) is 4.79 Å². The van der Waals surface area contributed by atoms with Crippen LogP contribution in [0.25, 0.3) is 11.1 Å². The predicted octanol–water partition coefficient (Wildman–Crippen LogP) is 7.98. The van der Waals surface area contributed by atoms with Crippen molar-refractivity contribution in [3.8, 4) is 16.9 Å². The molecular weight excluding hydrogens is 767 g/mol. The summed E-state index contributed by atoms with van der Waals surface area (Å²) >= 11 is 0. The van der Waals surface area contributed by atoms with Crippen LogP contribution in [0.3, 0.4) is 0 Å². The number of amides is 1. The van der Waals surface area contributed by atoms with Gasteiger partial charge in [-0.05, 0) is 52.8 Å². The number of rotatable bonds is 37. The summed E-state index contributed by atoms with van der Waals surface area (Å²) in [4.78, 5) is 14.2. The fourth-order valence-corrected chi connectivity index (χ4v) is 6.72. The molecule has 1 amide bonds. The highest BCUT2D eigenvalue weighted by atomic mass is 16.6. The molecule has 0 aromatic heterocycles. The largest absolute Gasteiger partial charge is 0.491 e. The quantitative estimate of drug-likeness (QED) is 0.0527. The summed E-state index contributed by atoms with van der Waals surface area (Å²) in [7, 11) is 1.72. The summed E-state index contributed by atoms with van der Waals surface area (Å²) in [6, 6.07) is 25.0. The number of hydrogen-bond donors (Lipinski definition) is 0. The maximum atomic E-state index is 12.6. The molecule has 4 rings (SSSR count). The number of carbonyl (C=O) groups is 1. The van der Waals surface area contributed by atoms with Crippen molar-refractivity contribution in [2.75, 3.05) is 133 Å². The molecule has 3 aromatic carbocycles. The lowest BCUT2D eigenvalue weighted by Gasteiger charge is -2.19. The second-order valence-corrected chi connectivity index (χ2v) is 14.6. The Hall–Kier alpha value is -3.59. The van der Waals surface area contributed by atoms with E-state index in [9.17, 15) is 4.79 Å². The van der Waals surface area contributed by atoms with E-state index >= 15 is 0 Å². The first-order chi connectivity index (χ1) is 29.7. The van der Waals surface area contributed by atoms with Gasteiger partial charge < -0.3 is 52.3 Å². The molecule has 0 bridgehead atoms. The van der Waals surface area contributed by atoms with Crippen molar-refractivity contribution >= 4 is 6.09 Å². The van der Waals surface area contributed by atoms with Gasteiger partial charge in [-0.15, -0.1) is 0 Å². The maximum Gasteiger partial charge on any atom is 0.409 e. The number of unbranched alkanes of at least 4 members (excludes halogenated alkanes) is 5. The Morgan fingerprint density at radius 1 is 0.500 bits per heavy atom. The number of fused-ring (bicyclic) bond motifs is 3.